The zero-order chi connectivity index (χ0) is 11.6. The molecule has 0 aromatic carbocycles. The highest BCUT2D eigenvalue weighted by atomic mass is 15.1. The first-order chi connectivity index (χ1) is 6.82. The molecule has 1 aliphatic rings. The monoisotopic (exact) mass is 212 g/mol. The van der Waals surface area contributed by atoms with E-state index in [0.717, 1.165) is 5.92 Å². The predicted octanol–water partition coefficient (Wildman–Crippen LogP) is 2.48. The first-order valence-electron chi connectivity index (χ1n) is 6.28. The molecular formula is C13H28N2. The average molecular weight is 212 g/mol. The molecular weight excluding hydrogens is 184 g/mol. The van der Waals surface area contributed by atoms with Crippen LogP contribution in [0, 0.1) is 11.3 Å². The van der Waals surface area contributed by atoms with Gasteiger partial charge in [-0.05, 0) is 38.1 Å². The summed E-state index contributed by atoms with van der Waals surface area (Å²) in [6.07, 6.45) is 3.87. The third-order valence-corrected chi connectivity index (χ3v) is 4.15. The van der Waals surface area contributed by atoms with Gasteiger partial charge in [-0.2, -0.15) is 0 Å². The molecule has 3 unspecified atom stereocenters. The van der Waals surface area contributed by atoms with Gasteiger partial charge in [0.15, 0.2) is 0 Å². The van der Waals surface area contributed by atoms with E-state index in [0.29, 0.717) is 17.5 Å². The summed E-state index contributed by atoms with van der Waals surface area (Å²) in [5, 5.41) is 0. The van der Waals surface area contributed by atoms with Gasteiger partial charge in [0.2, 0.25) is 0 Å². The summed E-state index contributed by atoms with van der Waals surface area (Å²) in [6.45, 7) is 10.4. The zero-order valence-corrected chi connectivity index (χ0v) is 11.1. The van der Waals surface area contributed by atoms with Gasteiger partial charge in [0, 0.05) is 18.6 Å². The molecule has 0 aliphatic heterocycles. The third kappa shape index (κ3) is 3.46. The lowest BCUT2D eigenvalue weighted by Crippen LogP contribution is -2.44. The number of nitrogens with zero attached hydrogens (tertiary/aromatic N) is 1. The van der Waals surface area contributed by atoms with Crippen molar-refractivity contribution in [3.05, 3.63) is 0 Å². The second kappa shape index (κ2) is 4.84. The van der Waals surface area contributed by atoms with Crippen molar-refractivity contribution < 1.29 is 0 Å². The number of hydrogen-bond acceptors (Lipinski definition) is 2. The van der Waals surface area contributed by atoms with Crippen molar-refractivity contribution in [2.75, 3.05) is 13.6 Å². The zero-order valence-electron chi connectivity index (χ0n) is 11.1. The number of rotatable bonds is 3. The smallest absolute Gasteiger partial charge is 0.0112 e. The van der Waals surface area contributed by atoms with Crippen LogP contribution in [0.25, 0.3) is 0 Å². The second-order valence-electron chi connectivity index (χ2n) is 6.34. The van der Waals surface area contributed by atoms with Gasteiger partial charge in [-0.1, -0.05) is 27.2 Å². The van der Waals surface area contributed by atoms with Gasteiger partial charge >= 0.3 is 0 Å². The van der Waals surface area contributed by atoms with Crippen LogP contribution in [0.15, 0.2) is 0 Å². The van der Waals surface area contributed by atoms with Crippen LogP contribution in [0.5, 0.6) is 0 Å². The van der Waals surface area contributed by atoms with Crippen LogP contribution >= 0.6 is 0 Å². The van der Waals surface area contributed by atoms with Crippen LogP contribution in [0.4, 0.5) is 0 Å². The maximum Gasteiger partial charge on any atom is 0.0112 e. The fourth-order valence-electron chi connectivity index (χ4n) is 2.48. The highest BCUT2D eigenvalue weighted by Gasteiger charge is 2.29. The Bertz CT molecular complexity index is 195. The minimum atomic E-state index is 0.359. The molecule has 15 heavy (non-hydrogen) atoms. The molecule has 90 valence electrons. The van der Waals surface area contributed by atoms with Crippen molar-refractivity contribution >= 4 is 0 Å². The largest absolute Gasteiger partial charge is 0.327 e. The molecule has 2 heteroatoms. The van der Waals surface area contributed by atoms with Crippen molar-refractivity contribution in [3.8, 4) is 0 Å². The Morgan fingerprint density at radius 1 is 1.33 bits per heavy atom. The molecule has 1 rings (SSSR count). The minimum Gasteiger partial charge on any atom is -0.327 e. The fourth-order valence-corrected chi connectivity index (χ4v) is 2.48. The Hall–Kier alpha value is -0.0800. The van der Waals surface area contributed by atoms with E-state index in [1.807, 2.05) is 0 Å². The highest BCUT2D eigenvalue weighted by Crippen LogP contribution is 2.28. The molecule has 2 nitrogen and oxygen atoms in total. The van der Waals surface area contributed by atoms with Crippen molar-refractivity contribution in [2.45, 2.75) is 59.0 Å². The number of hydrogen-bond donors (Lipinski definition) is 1. The fraction of sp³-hybridized carbons (Fsp3) is 1.00. The molecule has 1 fully saturated rings. The van der Waals surface area contributed by atoms with Gasteiger partial charge in [0.05, 0.1) is 0 Å². The summed E-state index contributed by atoms with van der Waals surface area (Å²) < 4.78 is 0. The van der Waals surface area contributed by atoms with E-state index in [4.69, 9.17) is 5.73 Å². The highest BCUT2D eigenvalue weighted by molar-refractivity contribution is 4.85. The molecule has 1 saturated carbocycles. The van der Waals surface area contributed by atoms with Gasteiger partial charge in [-0.3, -0.25) is 0 Å². The van der Waals surface area contributed by atoms with Gasteiger partial charge in [0.1, 0.15) is 0 Å². The minimum absolute atomic E-state index is 0.359. The standard InChI is InChI=1S/C13H28N2/c1-10(13(2,3)4)15(5)9-11-7-6-8-12(11)14/h10-12H,6-9,14H2,1-5H3. The Labute approximate surface area is 95.2 Å². The number of nitrogens with two attached hydrogens (primary N) is 1. The van der Waals surface area contributed by atoms with Gasteiger partial charge in [-0.25, -0.2) is 0 Å². The molecule has 2 N–H and O–H groups in total. The van der Waals surface area contributed by atoms with E-state index >= 15 is 0 Å². The summed E-state index contributed by atoms with van der Waals surface area (Å²) >= 11 is 0. The van der Waals surface area contributed by atoms with E-state index in [2.05, 4.69) is 39.6 Å². The molecule has 0 bridgehead atoms. The molecule has 0 aromatic heterocycles. The van der Waals surface area contributed by atoms with Crippen LogP contribution in [0.1, 0.15) is 47.0 Å². The molecule has 0 saturated heterocycles. The molecule has 0 radical (unpaired) electrons. The van der Waals surface area contributed by atoms with Crippen LogP contribution in [-0.2, 0) is 0 Å². The Kier molecular flexibility index (Phi) is 4.19. The van der Waals surface area contributed by atoms with Crippen molar-refractivity contribution in [1.29, 1.82) is 0 Å². The first kappa shape index (κ1) is 13.0. The second-order valence-corrected chi connectivity index (χ2v) is 6.34. The Balaban J connectivity index is 2.44. The van der Waals surface area contributed by atoms with Gasteiger partial charge < -0.3 is 10.6 Å². The lowest BCUT2D eigenvalue weighted by atomic mass is 9.86. The van der Waals surface area contributed by atoms with Crippen LogP contribution in [0.2, 0.25) is 0 Å². The molecule has 0 aromatic rings. The third-order valence-electron chi connectivity index (χ3n) is 4.15. The van der Waals surface area contributed by atoms with Crippen molar-refractivity contribution in [2.24, 2.45) is 17.1 Å². The van der Waals surface area contributed by atoms with Gasteiger partial charge in [0.25, 0.3) is 0 Å². The first-order valence-corrected chi connectivity index (χ1v) is 6.28. The van der Waals surface area contributed by atoms with E-state index in [1.165, 1.54) is 25.8 Å². The maximum atomic E-state index is 6.11. The molecule has 0 heterocycles. The predicted molar refractivity (Wildman–Crippen MR) is 66.9 cm³/mol. The lowest BCUT2D eigenvalue weighted by Gasteiger charge is -2.37. The Morgan fingerprint density at radius 2 is 1.93 bits per heavy atom. The summed E-state index contributed by atoms with van der Waals surface area (Å²) in [4.78, 5) is 2.48. The van der Waals surface area contributed by atoms with Crippen LogP contribution < -0.4 is 5.73 Å². The van der Waals surface area contributed by atoms with E-state index in [1.54, 1.807) is 0 Å². The SMILES string of the molecule is CC(N(C)CC1CCCC1N)C(C)(C)C. The van der Waals surface area contributed by atoms with Crippen LogP contribution in [0.3, 0.4) is 0 Å². The molecule has 1 aliphatic carbocycles. The maximum absolute atomic E-state index is 6.11. The topological polar surface area (TPSA) is 29.3 Å². The summed E-state index contributed by atoms with van der Waals surface area (Å²) in [6, 6.07) is 1.06. The van der Waals surface area contributed by atoms with E-state index in [9.17, 15) is 0 Å². The lowest BCUT2D eigenvalue weighted by molar-refractivity contribution is 0.120. The van der Waals surface area contributed by atoms with E-state index < -0.39 is 0 Å². The van der Waals surface area contributed by atoms with Crippen molar-refractivity contribution in [1.82, 2.24) is 4.90 Å². The quantitative estimate of drug-likeness (QED) is 0.779. The van der Waals surface area contributed by atoms with Gasteiger partial charge in [-0.15, -0.1) is 0 Å². The molecule has 0 amide bonds. The summed E-state index contributed by atoms with van der Waals surface area (Å²) in [7, 11) is 2.24. The summed E-state index contributed by atoms with van der Waals surface area (Å²) in [5.74, 6) is 0.722. The Morgan fingerprint density at radius 3 is 2.33 bits per heavy atom. The normalized spacial score (nSPS) is 29.8. The molecule has 3 atom stereocenters. The molecule has 0 spiro atoms. The summed E-state index contributed by atoms with van der Waals surface area (Å²) in [5.41, 5.74) is 6.47. The van der Waals surface area contributed by atoms with Crippen molar-refractivity contribution in [3.63, 3.8) is 0 Å². The van der Waals surface area contributed by atoms with E-state index in [-0.39, 0.29) is 0 Å². The average Bonchev–Trinajstić information content (AvgIpc) is 2.49. The van der Waals surface area contributed by atoms with Crippen LogP contribution in [-0.4, -0.2) is 30.6 Å².